The van der Waals surface area contributed by atoms with Crippen molar-refractivity contribution in [3.63, 3.8) is 0 Å². The van der Waals surface area contributed by atoms with E-state index in [1.165, 1.54) is 4.88 Å². The second-order valence-electron chi connectivity index (χ2n) is 3.99. The number of thiophene rings is 1. The van der Waals surface area contributed by atoms with E-state index < -0.39 is 0 Å². The second-order valence-corrected chi connectivity index (χ2v) is 6.82. The molecule has 0 N–H and O–H groups in total. The summed E-state index contributed by atoms with van der Waals surface area (Å²) in [5, 5.41) is 3.40. The molecule has 0 aliphatic heterocycles. The summed E-state index contributed by atoms with van der Waals surface area (Å²) in [6.07, 6.45) is 0. The average molecular weight is 293 g/mol. The van der Waals surface area contributed by atoms with Crippen LogP contribution in [0.2, 0.25) is 5.02 Å². The smallest absolute Gasteiger partial charge is 0.189 e. The summed E-state index contributed by atoms with van der Waals surface area (Å²) in [5.74, 6) is 0. The molecule has 2 aromatic heterocycles. The van der Waals surface area contributed by atoms with Crippen LogP contribution in [0, 0.1) is 6.92 Å². The van der Waals surface area contributed by atoms with E-state index >= 15 is 0 Å². The van der Waals surface area contributed by atoms with Crippen molar-refractivity contribution in [3.05, 3.63) is 55.8 Å². The van der Waals surface area contributed by atoms with Gasteiger partial charge in [0, 0.05) is 15.5 Å². The number of halogens is 1. The highest BCUT2D eigenvalue weighted by Crippen LogP contribution is 2.38. The molecule has 0 aliphatic carbocycles. The molecule has 2 heterocycles. The van der Waals surface area contributed by atoms with Crippen LogP contribution in [0.25, 0.3) is 20.5 Å². The summed E-state index contributed by atoms with van der Waals surface area (Å²) in [5.41, 5.74) is 2.20. The number of fused-ring (bicyclic) bond motifs is 1. The van der Waals surface area contributed by atoms with Gasteiger partial charge in [-0.2, -0.15) is 0 Å². The molecule has 1 nitrogen and oxygen atoms in total. The summed E-state index contributed by atoms with van der Waals surface area (Å²) >= 11 is 9.20. The molecule has 0 fully saturated rings. The molecule has 3 aromatic rings. The molecule has 0 saturated carbocycles. The van der Waals surface area contributed by atoms with E-state index in [2.05, 4.69) is 6.92 Å². The number of benzene rings is 1. The minimum absolute atomic E-state index is 0.0954. The van der Waals surface area contributed by atoms with Gasteiger partial charge in [0.2, 0.25) is 0 Å². The van der Waals surface area contributed by atoms with Gasteiger partial charge < -0.3 is 0 Å². The molecule has 18 heavy (non-hydrogen) atoms. The first-order valence-electron chi connectivity index (χ1n) is 5.43. The lowest BCUT2D eigenvalue weighted by molar-refractivity contribution is 1.59. The molecule has 4 heteroatoms. The van der Waals surface area contributed by atoms with Crippen LogP contribution in [-0.2, 0) is 0 Å². The molecule has 0 spiro atoms. The molecule has 0 unspecified atom stereocenters. The third kappa shape index (κ3) is 1.88. The Morgan fingerprint density at radius 2 is 1.83 bits per heavy atom. The van der Waals surface area contributed by atoms with Crippen LogP contribution in [0.5, 0.6) is 0 Å². The summed E-state index contributed by atoms with van der Waals surface area (Å²) in [7, 11) is 0. The van der Waals surface area contributed by atoms with Crippen LogP contribution in [-0.4, -0.2) is 0 Å². The van der Waals surface area contributed by atoms with Gasteiger partial charge in [0.1, 0.15) is 0 Å². The fraction of sp³-hybridized carbons (Fsp3) is 0.0714. The highest BCUT2D eigenvalue weighted by atomic mass is 35.5. The molecule has 3 rings (SSSR count). The van der Waals surface area contributed by atoms with Gasteiger partial charge in [0.05, 0.1) is 9.40 Å². The second kappa shape index (κ2) is 4.50. The van der Waals surface area contributed by atoms with Crippen molar-refractivity contribution in [1.29, 1.82) is 0 Å². The van der Waals surface area contributed by atoms with Crippen LogP contribution in [0.3, 0.4) is 0 Å². The zero-order valence-electron chi connectivity index (χ0n) is 9.57. The Morgan fingerprint density at radius 3 is 2.56 bits per heavy atom. The van der Waals surface area contributed by atoms with E-state index in [0.717, 1.165) is 20.5 Å². The molecule has 0 saturated heterocycles. The quantitative estimate of drug-likeness (QED) is 0.620. The highest BCUT2D eigenvalue weighted by molar-refractivity contribution is 7.37. The number of aryl methyl sites for hydroxylation is 1. The maximum Gasteiger partial charge on any atom is 0.189 e. The minimum Gasteiger partial charge on any atom is -0.289 e. The summed E-state index contributed by atoms with van der Waals surface area (Å²) in [6.45, 7) is 2.06. The van der Waals surface area contributed by atoms with Crippen molar-refractivity contribution in [2.24, 2.45) is 0 Å². The molecule has 0 radical (unpaired) electrons. The molecule has 0 amide bonds. The van der Waals surface area contributed by atoms with E-state index in [-0.39, 0.29) is 5.43 Å². The monoisotopic (exact) mass is 292 g/mol. The zero-order chi connectivity index (χ0) is 12.7. The minimum atomic E-state index is 0.0954. The first-order valence-corrected chi connectivity index (χ1v) is 7.51. The molecule has 1 aromatic carbocycles. The van der Waals surface area contributed by atoms with Gasteiger partial charge in [-0.3, -0.25) is 4.79 Å². The van der Waals surface area contributed by atoms with Crippen LogP contribution in [0.4, 0.5) is 0 Å². The van der Waals surface area contributed by atoms with E-state index in [0.29, 0.717) is 5.02 Å². The van der Waals surface area contributed by atoms with Gasteiger partial charge >= 0.3 is 0 Å². The summed E-state index contributed by atoms with van der Waals surface area (Å²) in [6, 6.07) is 9.29. The Morgan fingerprint density at radius 1 is 1.11 bits per heavy atom. The van der Waals surface area contributed by atoms with E-state index in [9.17, 15) is 4.79 Å². The van der Waals surface area contributed by atoms with E-state index in [4.69, 9.17) is 11.6 Å². The number of hydrogen-bond donors (Lipinski definition) is 0. The maximum absolute atomic E-state index is 12.0. The van der Waals surface area contributed by atoms with Crippen molar-refractivity contribution in [3.8, 4) is 11.1 Å². The Labute approximate surface area is 117 Å². The maximum atomic E-state index is 12.0. The lowest BCUT2D eigenvalue weighted by Gasteiger charge is -2.01. The first-order chi connectivity index (χ1) is 8.66. The van der Waals surface area contributed by atoms with Gasteiger partial charge in [0.25, 0.3) is 0 Å². The van der Waals surface area contributed by atoms with E-state index in [1.54, 1.807) is 28.7 Å². The Hall–Kier alpha value is -1.16. The van der Waals surface area contributed by atoms with Crippen LogP contribution < -0.4 is 5.43 Å². The summed E-state index contributed by atoms with van der Waals surface area (Å²) in [4.78, 5) is 13.2. The van der Waals surface area contributed by atoms with E-state index in [1.807, 2.05) is 29.6 Å². The zero-order valence-corrected chi connectivity index (χ0v) is 12.0. The fourth-order valence-electron chi connectivity index (χ4n) is 2.03. The van der Waals surface area contributed by atoms with Gasteiger partial charge in [-0.15, -0.1) is 22.7 Å². The van der Waals surface area contributed by atoms with Crippen molar-refractivity contribution >= 4 is 43.7 Å². The number of hydrogen-bond acceptors (Lipinski definition) is 3. The SMILES string of the molecule is Cc1sc2sccc(=O)c2c1-c1ccc(Cl)cc1. The predicted molar refractivity (Wildman–Crippen MR) is 81.2 cm³/mol. The molecular weight excluding hydrogens is 284 g/mol. The Kier molecular flexibility index (Phi) is 2.98. The summed E-state index contributed by atoms with van der Waals surface area (Å²) < 4.78 is 1.09. The van der Waals surface area contributed by atoms with Gasteiger partial charge in [-0.1, -0.05) is 23.7 Å². The number of rotatable bonds is 1. The first kappa shape index (κ1) is 11.9. The van der Waals surface area contributed by atoms with Gasteiger partial charge in [0.15, 0.2) is 5.43 Å². The van der Waals surface area contributed by atoms with Crippen molar-refractivity contribution in [1.82, 2.24) is 0 Å². The van der Waals surface area contributed by atoms with Gasteiger partial charge in [-0.25, -0.2) is 0 Å². The van der Waals surface area contributed by atoms with Gasteiger partial charge in [-0.05, 0) is 36.1 Å². The molecule has 0 aliphatic rings. The van der Waals surface area contributed by atoms with Crippen molar-refractivity contribution < 1.29 is 0 Å². The molecule has 0 atom stereocenters. The van der Waals surface area contributed by atoms with Crippen molar-refractivity contribution in [2.75, 3.05) is 0 Å². The molecule has 0 bridgehead atoms. The Balaban J connectivity index is 2.38. The standard InChI is InChI=1S/C14H9ClOS2/c1-8-12(9-2-4-10(15)5-3-9)13-11(16)6-7-17-14(13)18-8/h2-7H,1H3. The molecule has 90 valence electrons. The average Bonchev–Trinajstić information content (AvgIpc) is 2.68. The Bertz CT molecular complexity index is 769. The third-order valence-electron chi connectivity index (χ3n) is 2.83. The lowest BCUT2D eigenvalue weighted by Crippen LogP contribution is -1.96. The third-order valence-corrected chi connectivity index (χ3v) is 5.21. The fourth-order valence-corrected chi connectivity index (χ4v) is 4.43. The topological polar surface area (TPSA) is 17.1 Å². The lowest BCUT2D eigenvalue weighted by atomic mass is 10.0. The highest BCUT2D eigenvalue weighted by Gasteiger charge is 2.13. The predicted octanol–water partition coefficient (Wildman–Crippen LogP) is 4.95. The van der Waals surface area contributed by atoms with Crippen LogP contribution in [0.1, 0.15) is 4.88 Å². The van der Waals surface area contributed by atoms with Crippen LogP contribution in [0.15, 0.2) is 40.5 Å². The molecular formula is C14H9ClOS2. The van der Waals surface area contributed by atoms with Crippen molar-refractivity contribution in [2.45, 2.75) is 6.92 Å². The largest absolute Gasteiger partial charge is 0.289 e. The normalized spacial score (nSPS) is 11.0. The van der Waals surface area contributed by atoms with Crippen LogP contribution >= 0.6 is 34.3 Å².